The molecule has 1 saturated heterocycles. The predicted molar refractivity (Wildman–Crippen MR) is 83.2 cm³/mol. The van der Waals surface area contributed by atoms with Crippen LogP contribution in [-0.2, 0) is 4.79 Å². The third-order valence-corrected chi connectivity index (χ3v) is 4.32. The maximum Gasteiger partial charge on any atom is 0.254 e. The standard InChI is InChI=1S/C17H17FN2O3/c18-14-7-6-13(11-4-1-2-5-12(11)14)15(21)20-9-3-8-17(23,10-20)16(19)22/h1-2,4-7,23H,3,8-10H2,(H2,19,22). The van der Waals surface area contributed by atoms with Gasteiger partial charge in [-0.2, -0.15) is 0 Å². The van der Waals surface area contributed by atoms with Gasteiger partial charge in [-0.05, 0) is 30.4 Å². The highest BCUT2D eigenvalue weighted by atomic mass is 19.1. The highest BCUT2D eigenvalue weighted by molar-refractivity contribution is 6.07. The molecule has 5 nitrogen and oxygen atoms in total. The van der Waals surface area contributed by atoms with Crippen molar-refractivity contribution in [1.29, 1.82) is 0 Å². The smallest absolute Gasteiger partial charge is 0.254 e. The van der Waals surface area contributed by atoms with E-state index in [1.54, 1.807) is 24.3 Å². The minimum absolute atomic E-state index is 0.146. The molecule has 0 aliphatic carbocycles. The van der Waals surface area contributed by atoms with E-state index in [9.17, 15) is 19.1 Å². The molecule has 0 aromatic heterocycles. The third kappa shape index (κ3) is 2.66. The fraction of sp³-hybridized carbons (Fsp3) is 0.294. The quantitative estimate of drug-likeness (QED) is 0.879. The molecule has 2 amide bonds. The van der Waals surface area contributed by atoms with Crippen molar-refractivity contribution in [3.05, 3.63) is 47.8 Å². The summed E-state index contributed by atoms with van der Waals surface area (Å²) in [5, 5.41) is 11.1. The first kappa shape index (κ1) is 15.4. The molecule has 1 unspecified atom stereocenters. The second-order valence-corrected chi connectivity index (χ2v) is 5.87. The van der Waals surface area contributed by atoms with Crippen molar-refractivity contribution in [1.82, 2.24) is 4.90 Å². The van der Waals surface area contributed by atoms with Crippen LogP contribution in [0, 0.1) is 5.82 Å². The van der Waals surface area contributed by atoms with Crippen LogP contribution in [0.1, 0.15) is 23.2 Å². The number of nitrogens with zero attached hydrogens (tertiary/aromatic N) is 1. The number of carbonyl (C=O) groups excluding carboxylic acids is 2. The zero-order chi connectivity index (χ0) is 16.6. The first-order valence-corrected chi connectivity index (χ1v) is 7.41. The molecular formula is C17H17FN2O3. The first-order chi connectivity index (χ1) is 10.9. The van der Waals surface area contributed by atoms with Crippen molar-refractivity contribution in [2.45, 2.75) is 18.4 Å². The monoisotopic (exact) mass is 316 g/mol. The molecule has 23 heavy (non-hydrogen) atoms. The Morgan fingerprint density at radius 2 is 1.87 bits per heavy atom. The molecule has 1 atom stereocenters. The van der Waals surface area contributed by atoms with Crippen molar-refractivity contribution < 1.29 is 19.1 Å². The van der Waals surface area contributed by atoms with Gasteiger partial charge in [0.2, 0.25) is 0 Å². The average Bonchev–Trinajstić information content (AvgIpc) is 2.55. The number of hydrogen-bond acceptors (Lipinski definition) is 3. The molecule has 0 spiro atoms. The van der Waals surface area contributed by atoms with E-state index in [4.69, 9.17) is 5.73 Å². The molecule has 1 aliphatic rings. The van der Waals surface area contributed by atoms with E-state index in [0.717, 1.165) is 0 Å². The molecule has 120 valence electrons. The first-order valence-electron chi connectivity index (χ1n) is 7.41. The van der Waals surface area contributed by atoms with Crippen LogP contribution in [0.5, 0.6) is 0 Å². The van der Waals surface area contributed by atoms with Crippen LogP contribution in [0.25, 0.3) is 10.8 Å². The molecule has 2 aromatic carbocycles. The molecule has 0 radical (unpaired) electrons. The summed E-state index contributed by atoms with van der Waals surface area (Å²) in [6, 6.07) is 9.39. The molecule has 0 saturated carbocycles. The lowest BCUT2D eigenvalue weighted by Crippen LogP contribution is -2.57. The zero-order valence-corrected chi connectivity index (χ0v) is 12.5. The number of β-amino-alcohol motifs (C(OH)–C–C–N with tert-alkyl or cyclic N) is 1. The van der Waals surface area contributed by atoms with E-state index in [0.29, 0.717) is 29.3 Å². The van der Waals surface area contributed by atoms with Gasteiger partial charge in [0.25, 0.3) is 11.8 Å². The summed E-state index contributed by atoms with van der Waals surface area (Å²) in [5.74, 6) is -1.58. The summed E-state index contributed by atoms with van der Waals surface area (Å²) >= 11 is 0. The van der Waals surface area contributed by atoms with Gasteiger partial charge in [0.05, 0.1) is 6.54 Å². The number of carbonyl (C=O) groups is 2. The van der Waals surface area contributed by atoms with Crippen LogP contribution in [0.15, 0.2) is 36.4 Å². The van der Waals surface area contributed by atoms with Gasteiger partial charge < -0.3 is 15.7 Å². The van der Waals surface area contributed by atoms with E-state index < -0.39 is 17.3 Å². The molecule has 1 heterocycles. The van der Waals surface area contributed by atoms with E-state index in [1.807, 2.05) is 0 Å². The van der Waals surface area contributed by atoms with Gasteiger partial charge >= 0.3 is 0 Å². The van der Waals surface area contributed by atoms with Crippen LogP contribution in [0.3, 0.4) is 0 Å². The van der Waals surface area contributed by atoms with Gasteiger partial charge in [0.15, 0.2) is 5.60 Å². The second kappa shape index (κ2) is 5.62. The summed E-state index contributed by atoms with van der Waals surface area (Å²) in [4.78, 5) is 25.6. The molecule has 3 rings (SSSR count). The molecule has 1 fully saturated rings. The normalized spacial score (nSPS) is 21.4. The number of primary amides is 1. The Labute approximate surface area is 132 Å². The van der Waals surface area contributed by atoms with Crippen LogP contribution in [0.4, 0.5) is 4.39 Å². The van der Waals surface area contributed by atoms with Crippen LogP contribution >= 0.6 is 0 Å². The van der Waals surface area contributed by atoms with Gasteiger partial charge in [0, 0.05) is 17.5 Å². The molecule has 3 N–H and O–H groups in total. The second-order valence-electron chi connectivity index (χ2n) is 5.87. The molecule has 1 aliphatic heterocycles. The highest BCUT2D eigenvalue weighted by Gasteiger charge is 2.40. The summed E-state index contributed by atoms with van der Waals surface area (Å²) in [6.07, 6.45) is 0.709. The highest BCUT2D eigenvalue weighted by Crippen LogP contribution is 2.26. The van der Waals surface area contributed by atoms with Crippen LogP contribution < -0.4 is 5.73 Å². The Balaban J connectivity index is 1.98. The Hall–Kier alpha value is -2.47. The van der Waals surface area contributed by atoms with Gasteiger partial charge in [-0.1, -0.05) is 24.3 Å². The van der Waals surface area contributed by atoms with Gasteiger partial charge in [0.1, 0.15) is 5.82 Å². The van der Waals surface area contributed by atoms with Crippen molar-refractivity contribution in [2.24, 2.45) is 5.73 Å². The number of amides is 2. The number of halogens is 1. The Morgan fingerprint density at radius 1 is 1.17 bits per heavy atom. The number of rotatable bonds is 2. The van der Waals surface area contributed by atoms with Crippen molar-refractivity contribution in [3.8, 4) is 0 Å². The summed E-state index contributed by atoms with van der Waals surface area (Å²) < 4.78 is 13.9. The van der Waals surface area contributed by atoms with Gasteiger partial charge in [-0.3, -0.25) is 9.59 Å². The van der Waals surface area contributed by atoms with Crippen molar-refractivity contribution in [3.63, 3.8) is 0 Å². The molecular weight excluding hydrogens is 299 g/mol. The fourth-order valence-electron chi connectivity index (χ4n) is 3.03. The van der Waals surface area contributed by atoms with Gasteiger partial charge in [-0.15, -0.1) is 0 Å². The Bertz CT molecular complexity index is 793. The fourth-order valence-corrected chi connectivity index (χ4v) is 3.03. The SMILES string of the molecule is NC(=O)C1(O)CCCN(C(=O)c2ccc(F)c3ccccc23)C1. The number of fused-ring (bicyclic) bond motifs is 1. The largest absolute Gasteiger partial charge is 0.378 e. The van der Waals surface area contributed by atoms with Crippen molar-refractivity contribution in [2.75, 3.05) is 13.1 Å². The number of nitrogens with two attached hydrogens (primary N) is 1. The molecule has 0 bridgehead atoms. The third-order valence-electron chi connectivity index (χ3n) is 4.32. The number of piperidine rings is 1. The van der Waals surface area contributed by atoms with Gasteiger partial charge in [-0.25, -0.2) is 4.39 Å². The van der Waals surface area contributed by atoms with Crippen molar-refractivity contribution >= 4 is 22.6 Å². The molecule has 2 aromatic rings. The average molecular weight is 316 g/mol. The lowest BCUT2D eigenvalue weighted by molar-refractivity contribution is -0.140. The van der Waals surface area contributed by atoms with E-state index in [1.165, 1.54) is 17.0 Å². The Kier molecular flexibility index (Phi) is 3.77. The summed E-state index contributed by atoms with van der Waals surface area (Å²) in [5.41, 5.74) is 3.88. The number of likely N-dealkylation sites (tertiary alicyclic amines) is 1. The van der Waals surface area contributed by atoms with Crippen LogP contribution in [-0.4, -0.2) is 40.5 Å². The summed E-state index contributed by atoms with van der Waals surface area (Å²) in [6.45, 7) is 0.271. The summed E-state index contributed by atoms with van der Waals surface area (Å²) in [7, 11) is 0. The maximum atomic E-state index is 13.9. The molecule has 6 heteroatoms. The lowest BCUT2D eigenvalue weighted by atomic mass is 9.91. The Morgan fingerprint density at radius 3 is 2.57 bits per heavy atom. The lowest BCUT2D eigenvalue weighted by Gasteiger charge is -2.37. The minimum atomic E-state index is -1.70. The van der Waals surface area contributed by atoms with Crippen LogP contribution in [0.2, 0.25) is 0 Å². The van der Waals surface area contributed by atoms with E-state index in [2.05, 4.69) is 0 Å². The van der Waals surface area contributed by atoms with E-state index in [-0.39, 0.29) is 18.9 Å². The predicted octanol–water partition coefficient (Wildman–Crippen LogP) is 1.43. The topological polar surface area (TPSA) is 83.6 Å². The number of hydrogen-bond donors (Lipinski definition) is 2. The maximum absolute atomic E-state index is 13.9. The van der Waals surface area contributed by atoms with E-state index >= 15 is 0 Å². The minimum Gasteiger partial charge on any atom is -0.378 e. The zero-order valence-electron chi connectivity index (χ0n) is 12.5. The number of benzene rings is 2. The number of aliphatic hydroxyl groups is 1.